The smallest absolute Gasteiger partial charge is 0.186 e. The summed E-state index contributed by atoms with van der Waals surface area (Å²) in [7, 11) is 0. The average Bonchev–Trinajstić information content (AvgIpc) is 2.96. The third-order valence-electron chi connectivity index (χ3n) is 3.38. The van der Waals surface area contributed by atoms with Crippen LogP contribution in [-0.4, -0.2) is 17.3 Å². The van der Waals surface area contributed by atoms with Gasteiger partial charge in [0.05, 0.1) is 0 Å². The molecule has 0 bridgehead atoms. The molecule has 0 N–H and O–H groups in total. The van der Waals surface area contributed by atoms with Gasteiger partial charge in [0.1, 0.15) is 0 Å². The summed E-state index contributed by atoms with van der Waals surface area (Å²) in [4.78, 5) is 12.6. The fraction of sp³-hybridized carbons (Fsp3) is 0.312. The Bertz CT molecular complexity index is 535. The van der Waals surface area contributed by atoms with Gasteiger partial charge in [-0.2, -0.15) is 0 Å². The zero-order valence-corrected chi connectivity index (χ0v) is 12.4. The Labute approximate surface area is 122 Å². The van der Waals surface area contributed by atoms with Gasteiger partial charge < -0.3 is 0 Å². The molecule has 1 saturated heterocycles. The van der Waals surface area contributed by atoms with E-state index in [1.165, 1.54) is 4.24 Å². The molecule has 0 amide bonds. The number of carbonyl (C=O) groups excluding carboxylic acids is 1. The van der Waals surface area contributed by atoms with Gasteiger partial charge in [-0.25, -0.2) is 0 Å². The highest BCUT2D eigenvalue weighted by Gasteiger charge is 2.25. The van der Waals surface area contributed by atoms with Crippen molar-refractivity contribution < 1.29 is 4.79 Å². The molecule has 0 aromatic heterocycles. The highest BCUT2D eigenvalue weighted by molar-refractivity contribution is 8.25. The summed E-state index contributed by atoms with van der Waals surface area (Å²) in [6.07, 6.45) is 5.04. The lowest BCUT2D eigenvalue weighted by molar-refractivity contribution is -0.112. The third-order valence-corrected chi connectivity index (χ3v) is 6.17. The van der Waals surface area contributed by atoms with Crippen LogP contribution in [0.5, 0.6) is 0 Å². The molecule has 1 aliphatic carbocycles. The lowest BCUT2D eigenvalue weighted by Crippen LogP contribution is -2.13. The highest BCUT2D eigenvalue weighted by atomic mass is 32.2. The summed E-state index contributed by atoms with van der Waals surface area (Å²) < 4.78 is 1.28. The van der Waals surface area contributed by atoms with Crippen molar-refractivity contribution in [3.63, 3.8) is 0 Å². The van der Waals surface area contributed by atoms with Gasteiger partial charge in [0.15, 0.2) is 5.78 Å². The van der Waals surface area contributed by atoms with Crippen LogP contribution in [0.25, 0.3) is 6.08 Å². The molecule has 0 spiro atoms. The molecule has 0 unspecified atom stereocenters. The number of hydrogen-bond donors (Lipinski definition) is 0. The monoisotopic (exact) mass is 288 g/mol. The number of benzene rings is 1. The molecule has 0 radical (unpaired) electrons. The molecular formula is C16H16OS2. The van der Waals surface area contributed by atoms with E-state index in [1.54, 1.807) is 0 Å². The summed E-state index contributed by atoms with van der Waals surface area (Å²) in [5, 5.41) is 0. The summed E-state index contributed by atoms with van der Waals surface area (Å²) in [5.41, 5.74) is 3.18. The Morgan fingerprint density at radius 3 is 2.47 bits per heavy atom. The Morgan fingerprint density at radius 2 is 1.74 bits per heavy atom. The Hall–Kier alpha value is -0.930. The second-order valence-corrected chi connectivity index (χ2v) is 7.19. The largest absolute Gasteiger partial charge is 0.289 e. The van der Waals surface area contributed by atoms with Crippen molar-refractivity contribution in [1.29, 1.82) is 0 Å². The number of carbonyl (C=O) groups is 1. The minimum absolute atomic E-state index is 0.284. The number of thioether (sulfide) groups is 2. The summed E-state index contributed by atoms with van der Waals surface area (Å²) in [5.74, 6) is 2.58. The maximum atomic E-state index is 12.6. The van der Waals surface area contributed by atoms with Crippen molar-refractivity contribution in [3.8, 4) is 0 Å². The fourth-order valence-corrected chi connectivity index (χ4v) is 5.05. The van der Waals surface area contributed by atoms with E-state index >= 15 is 0 Å². The first-order valence-electron chi connectivity index (χ1n) is 6.63. The predicted molar refractivity (Wildman–Crippen MR) is 85.2 cm³/mol. The zero-order valence-electron chi connectivity index (χ0n) is 10.7. The van der Waals surface area contributed by atoms with Gasteiger partial charge in [-0.1, -0.05) is 30.3 Å². The van der Waals surface area contributed by atoms with Crippen molar-refractivity contribution in [1.82, 2.24) is 0 Å². The lowest BCUT2D eigenvalue weighted by Gasteiger charge is -2.18. The van der Waals surface area contributed by atoms with E-state index in [1.807, 2.05) is 41.7 Å². The first kappa shape index (κ1) is 13.1. The number of allylic oxidation sites excluding steroid dienone is 2. The van der Waals surface area contributed by atoms with E-state index in [0.29, 0.717) is 0 Å². The van der Waals surface area contributed by atoms with Gasteiger partial charge in [-0.05, 0) is 30.9 Å². The first-order valence-corrected chi connectivity index (χ1v) is 8.61. The van der Waals surface area contributed by atoms with E-state index in [2.05, 4.69) is 18.2 Å². The van der Waals surface area contributed by atoms with Crippen LogP contribution < -0.4 is 0 Å². The minimum Gasteiger partial charge on any atom is -0.289 e. The summed E-state index contributed by atoms with van der Waals surface area (Å²) >= 11 is 3.71. The zero-order chi connectivity index (χ0) is 13.1. The van der Waals surface area contributed by atoms with Crippen LogP contribution in [0.3, 0.4) is 0 Å². The molecule has 2 fully saturated rings. The quantitative estimate of drug-likeness (QED) is 0.708. The average molecular weight is 288 g/mol. The van der Waals surface area contributed by atoms with Crippen molar-refractivity contribution in [2.45, 2.75) is 19.3 Å². The van der Waals surface area contributed by atoms with Crippen LogP contribution in [0.15, 0.2) is 45.7 Å². The molecule has 2 aliphatic rings. The van der Waals surface area contributed by atoms with Crippen LogP contribution in [0.1, 0.15) is 24.8 Å². The Kier molecular flexibility index (Phi) is 4.14. The lowest BCUT2D eigenvalue weighted by atomic mass is 9.89. The Balaban J connectivity index is 1.89. The first-order chi connectivity index (χ1) is 9.34. The SMILES string of the molecule is O=C1C(=C2SCCS2)CCC/C1=C\c1ccccc1. The van der Waals surface area contributed by atoms with E-state index < -0.39 is 0 Å². The summed E-state index contributed by atoms with van der Waals surface area (Å²) in [6, 6.07) is 10.1. The number of hydrogen-bond acceptors (Lipinski definition) is 3. The molecular weight excluding hydrogens is 272 g/mol. The predicted octanol–water partition coefficient (Wildman–Crippen LogP) is 4.51. The van der Waals surface area contributed by atoms with Gasteiger partial charge in [0.25, 0.3) is 0 Å². The van der Waals surface area contributed by atoms with Crippen molar-refractivity contribution in [3.05, 3.63) is 51.3 Å². The van der Waals surface area contributed by atoms with Crippen LogP contribution in [0, 0.1) is 0 Å². The van der Waals surface area contributed by atoms with Gasteiger partial charge in [0.2, 0.25) is 0 Å². The van der Waals surface area contributed by atoms with E-state index in [4.69, 9.17) is 0 Å². The van der Waals surface area contributed by atoms with Crippen molar-refractivity contribution in [2.75, 3.05) is 11.5 Å². The van der Waals surface area contributed by atoms with E-state index in [-0.39, 0.29) is 5.78 Å². The molecule has 98 valence electrons. The maximum Gasteiger partial charge on any atom is 0.186 e. The molecule has 3 heteroatoms. The van der Waals surface area contributed by atoms with E-state index in [9.17, 15) is 4.79 Å². The van der Waals surface area contributed by atoms with Crippen LogP contribution in [0.2, 0.25) is 0 Å². The second kappa shape index (κ2) is 6.02. The molecule has 1 aromatic carbocycles. The number of Topliss-reactive ketones (excluding diaryl/α,β-unsaturated/α-hetero) is 1. The van der Waals surface area contributed by atoms with Crippen LogP contribution >= 0.6 is 23.5 Å². The minimum atomic E-state index is 0.284. The molecule has 1 nitrogen and oxygen atoms in total. The van der Waals surface area contributed by atoms with Gasteiger partial charge in [-0.3, -0.25) is 4.79 Å². The molecule has 19 heavy (non-hydrogen) atoms. The topological polar surface area (TPSA) is 17.1 Å². The van der Waals surface area contributed by atoms with Crippen molar-refractivity contribution in [2.24, 2.45) is 0 Å². The standard InChI is InChI=1S/C16H16OS2/c17-15-13(11-12-5-2-1-3-6-12)7-4-8-14(15)16-18-9-10-19-16/h1-3,5-6,11H,4,7-10H2/b13-11+. The van der Waals surface area contributed by atoms with Crippen molar-refractivity contribution >= 4 is 35.4 Å². The number of rotatable bonds is 1. The third kappa shape index (κ3) is 2.98. The molecule has 0 atom stereocenters. The maximum absolute atomic E-state index is 12.6. The molecule has 1 saturated carbocycles. The molecule has 3 rings (SSSR count). The number of ketones is 1. The van der Waals surface area contributed by atoms with Crippen LogP contribution in [-0.2, 0) is 4.79 Å². The molecule has 1 aromatic rings. The fourth-order valence-electron chi connectivity index (χ4n) is 2.44. The van der Waals surface area contributed by atoms with Gasteiger partial charge in [-0.15, -0.1) is 23.5 Å². The van der Waals surface area contributed by atoms with Gasteiger partial charge in [0, 0.05) is 26.9 Å². The second-order valence-electron chi connectivity index (χ2n) is 4.73. The Morgan fingerprint density at radius 1 is 1.00 bits per heavy atom. The molecule has 1 aliphatic heterocycles. The highest BCUT2D eigenvalue weighted by Crippen LogP contribution is 2.42. The summed E-state index contributed by atoms with van der Waals surface area (Å²) in [6.45, 7) is 0. The molecule has 1 heterocycles. The van der Waals surface area contributed by atoms with Gasteiger partial charge >= 0.3 is 0 Å². The van der Waals surface area contributed by atoms with E-state index in [0.717, 1.165) is 47.5 Å². The van der Waals surface area contributed by atoms with Crippen LogP contribution in [0.4, 0.5) is 0 Å². The normalized spacial score (nSPS) is 22.3.